The fraction of sp³-hybridized carbons (Fsp3) is 0.750. The van der Waals surface area contributed by atoms with Crippen LogP contribution >= 0.6 is 0 Å². The third kappa shape index (κ3) is 3.42. The van der Waals surface area contributed by atoms with Crippen molar-refractivity contribution in [3.05, 3.63) is 0 Å². The highest BCUT2D eigenvalue weighted by atomic mass is 16.5. The minimum Gasteiger partial charge on any atom is -0.365 e. The summed E-state index contributed by atoms with van der Waals surface area (Å²) in [5.74, 6) is 0. The number of methoxy groups -OCH3 is 1. The Labute approximate surface area is 43.2 Å². The van der Waals surface area contributed by atoms with Crippen LogP contribution in [0.1, 0.15) is 0 Å². The van der Waals surface area contributed by atoms with Gasteiger partial charge in [0.1, 0.15) is 6.23 Å². The topological polar surface area (TPSA) is 47.6 Å². The lowest BCUT2D eigenvalue weighted by atomic mass is 10.6. The number of aliphatic imine (C=N–C) groups is 1. The minimum absolute atomic E-state index is 0.280. The van der Waals surface area contributed by atoms with E-state index in [4.69, 9.17) is 5.73 Å². The minimum atomic E-state index is -0.280. The van der Waals surface area contributed by atoms with Crippen molar-refractivity contribution in [2.45, 2.75) is 6.23 Å². The van der Waals surface area contributed by atoms with Crippen LogP contribution in [0.2, 0.25) is 0 Å². The third-order valence-electron chi connectivity index (χ3n) is 0.612. The summed E-state index contributed by atoms with van der Waals surface area (Å²) in [5, 5.41) is 0. The molecule has 0 aromatic carbocycles. The first-order valence-corrected chi connectivity index (χ1v) is 2.02. The van der Waals surface area contributed by atoms with Gasteiger partial charge >= 0.3 is 0 Å². The van der Waals surface area contributed by atoms with Crippen molar-refractivity contribution in [2.24, 2.45) is 10.7 Å². The van der Waals surface area contributed by atoms with E-state index >= 15 is 0 Å². The predicted molar refractivity (Wildman–Crippen MR) is 29.4 cm³/mol. The lowest BCUT2D eigenvalue weighted by Crippen LogP contribution is -2.24. The molecule has 0 radical (unpaired) electrons. The van der Waals surface area contributed by atoms with Crippen molar-refractivity contribution in [1.29, 1.82) is 0 Å². The first kappa shape index (κ1) is 6.59. The predicted octanol–water partition coefficient (Wildman–Crippen LogP) is -0.382. The third-order valence-corrected chi connectivity index (χ3v) is 0.612. The number of rotatable bonds is 3. The van der Waals surface area contributed by atoms with Crippen LogP contribution in [0.4, 0.5) is 0 Å². The number of hydrogen-bond donors (Lipinski definition) is 1. The fourth-order valence-electron chi connectivity index (χ4n) is 0.202. The van der Waals surface area contributed by atoms with E-state index in [1.807, 2.05) is 0 Å². The summed E-state index contributed by atoms with van der Waals surface area (Å²) in [7, 11) is 1.54. The lowest BCUT2D eigenvalue weighted by Gasteiger charge is -2.02. The maximum atomic E-state index is 5.23. The molecule has 0 bridgehead atoms. The van der Waals surface area contributed by atoms with Gasteiger partial charge in [0.15, 0.2) is 0 Å². The van der Waals surface area contributed by atoms with Gasteiger partial charge in [-0.25, -0.2) is 0 Å². The molecule has 1 atom stereocenters. The molecule has 0 saturated carbocycles. The summed E-state index contributed by atoms with van der Waals surface area (Å²) < 4.78 is 4.63. The van der Waals surface area contributed by atoms with E-state index in [1.54, 1.807) is 0 Å². The second-order valence-corrected chi connectivity index (χ2v) is 1.18. The van der Waals surface area contributed by atoms with Gasteiger partial charge in [0.05, 0.1) is 6.54 Å². The van der Waals surface area contributed by atoms with Gasteiger partial charge in [0, 0.05) is 7.11 Å². The molecule has 0 aliphatic heterocycles. The zero-order valence-corrected chi connectivity index (χ0v) is 4.42. The highest BCUT2D eigenvalue weighted by Gasteiger charge is 1.91. The molecular weight excluding hydrogens is 92.1 g/mol. The first-order chi connectivity index (χ1) is 3.31. The van der Waals surface area contributed by atoms with E-state index in [9.17, 15) is 0 Å². The molecule has 0 amide bonds. The Balaban J connectivity index is 2.98. The van der Waals surface area contributed by atoms with Crippen molar-refractivity contribution >= 4 is 6.72 Å². The van der Waals surface area contributed by atoms with Gasteiger partial charge in [-0.15, -0.1) is 0 Å². The van der Waals surface area contributed by atoms with Crippen molar-refractivity contribution in [3.63, 3.8) is 0 Å². The van der Waals surface area contributed by atoms with Gasteiger partial charge < -0.3 is 10.5 Å². The average Bonchev–Trinajstić information content (AvgIpc) is 1.68. The van der Waals surface area contributed by atoms with Crippen molar-refractivity contribution in [1.82, 2.24) is 0 Å². The lowest BCUT2D eigenvalue weighted by molar-refractivity contribution is 0.116. The Bertz CT molecular complexity index is 55.7. The average molecular weight is 102 g/mol. The largest absolute Gasteiger partial charge is 0.365 e. The summed E-state index contributed by atoms with van der Waals surface area (Å²) in [5.41, 5.74) is 5.23. The first-order valence-electron chi connectivity index (χ1n) is 2.02. The van der Waals surface area contributed by atoms with E-state index in [2.05, 4.69) is 16.4 Å². The fourth-order valence-corrected chi connectivity index (χ4v) is 0.202. The number of hydrogen-bond acceptors (Lipinski definition) is 3. The Morgan fingerprint density at radius 1 is 2.00 bits per heavy atom. The molecule has 0 aromatic heterocycles. The maximum absolute atomic E-state index is 5.23. The van der Waals surface area contributed by atoms with Crippen LogP contribution in [0.15, 0.2) is 4.99 Å². The number of ether oxygens (including phenoxy) is 1. The Kier molecular flexibility index (Phi) is 3.55. The molecule has 2 N–H and O–H groups in total. The van der Waals surface area contributed by atoms with Gasteiger partial charge in [0.25, 0.3) is 0 Å². The van der Waals surface area contributed by atoms with E-state index in [0.717, 1.165) is 0 Å². The summed E-state index contributed by atoms with van der Waals surface area (Å²) in [6.45, 7) is 3.71. The van der Waals surface area contributed by atoms with Crippen molar-refractivity contribution in [2.75, 3.05) is 13.7 Å². The number of nitrogens with two attached hydrogens (primary N) is 1. The molecule has 0 spiro atoms. The molecule has 0 aliphatic rings. The SMILES string of the molecule is C=NC[C@@H](N)OC. The van der Waals surface area contributed by atoms with E-state index < -0.39 is 0 Å². The van der Waals surface area contributed by atoms with Gasteiger partial charge in [-0.1, -0.05) is 0 Å². The van der Waals surface area contributed by atoms with Crippen LogP contribution in [0.3, 0.4) is 0 Å². The number of nitrogens with zero attached hydrogens (tertiary/aromatic N) is 1. The Hall–Kier alpha value is -0.410. The molecule has 0 aromatic rings. The Morgan fingerprint density at radius 3 is 2.71 bits per heavy atom. The molecular formula is C4H10N2O. The highest BCUT2D eigenvalue weighted by Crippen LogP contribution is 1.76. The summed E-state index contributed by atoms with van der Waals surface area (Å²) in [6.07, 6.45) is -0.280. The van der Waals surface area contributed by atoms with Gasteiger partial charge in [-0.3, -0.25) is 4.99 Å². The van der Waals surface area contributed by atoms with E-state index in [-0.39, 0.29) is 6.23 Å². The van der Waals surface area contributed by atoms with E-state index in [1.165, 1.54) is 7.11 Å². The van der Waals surface area contributed by atoms with E-state index in [0.29, 0.717) is 6.54 Å². The molecule has 0 rings (SSSR count). The quantitative estimate of drug-likeness (QED) is 0.390. The second-order valence-electron chi connectivity index (χ2n) is 1.18. The van der Waals surface area contributed by atoms with Crippen LogP contribution in [0.25, 0.3) is 0 Å². The second kappa shape index (κ2) is 3.77. The Morgan fingerprint density at radius 2 is 2.57 bits per heavy atom. The smallest absolute Gasteiger partial charge is 0.124 e. The zero-order chi connectivity index (χ0) is 5.70. The van der Waals surface area contributed by atoms with Crippen LogP contribution in [-0.2, 0) is 4.74 Å². The maximum Gasteiger partial charge on any atom is 0.124 e. The molecule has 0 heterocycles. The van der Waals surface area contributed by atoms with Crippen LogP contribution in [0.5, 0.6) is 0 Å². The highest BCUT2D eigenvalue weighted by molar-refractivity contribution is 5.23. The monoisotopic (exact) mass is 102 g/mol. The molecule has 7 heavy (non-hydrogen) atoms. The van der Waals surface area contributed by atoms with Crippen LogP contribution in [-0.4, -0.2) is 26.6 Å². The normalized spacial score (nSPS) is 13.4. The summed E-state index contributed by atoms with van der Waals surface area (Å²) in [4.78, 5) is 3.51. The summed E-state index contributed by atoms with van der Waals surface area (Å²) in [6, 6.07) is 0. The van der Waals surface area contributed by atoms with Crippen LogP contribution < -0.4 is 5.73 Å². The standard InChI is InChI=1S/C4H10N2O/c1-6-3-4(5)7-2/h4H,1,3,5H2,2H3/t4-/m0/s1. The van der Waals surface area contributed by atoms with Crippen molar-refractivity contribution in [3.8, 4) is 0 Å². The molecule has 3 heteroatoms. The van der Waals surface area contributed by atoms with Gasteiger partial charge in [-0.2, -0.15) is 0 Å². The summed E-state index contributed by atoms with van der Waals surface area (Å²) >= 11 is 0. The molecule has 0 saturated heterocycles. The van der Waals surface area contributed by atoms with Crippen molar-refractivity contribution < 1.29 is 4.74 Å². The molecule has 0 unspecified atom stereocenters. The van der Waals surface area contributed by atoms with Gasteiger partial charge in [-0.05, 0) is 6.72 Å². The molecule has 0 aliphatic carbocycles. The zero-order valence-electron chi connectivity index (χ0n) is 4.42. The molecule has 42 valence electrons. The van der Waals surface area contributed by atoms with Gasteiger partial charge in [0.2, 0.25) is 0 Å². The molecule has 0 fully saturated rings. The molecule has 3 nitrogen and oxygen atoms in total. The van der Waals surface area contributed by atoms with Crippen LogP contribution in [0, 0.1) is 0 Å².